The number of aromatic nitrogens is 1. The lowest BCUT2D eigenvalue weighted by molar-refractivity contribution is -0.119. The summed E-state index contributed by atoms with van der Waals surface area (Å²) in [6.45, 7) is 3.57. The normalized spacial score (nSPS) is 11.9. The minimum absolute atomic E-state index is 0.0917. The number of thiazole rings is 1. The number of ether oxygens (including phenoxy) is 1. The fourth-order valence-corrected chi connectivity index (χ4v) is 2.43. The largest absolute Gasteiger partial charge is 0.464 e. The van der Waals surface area contributed by atoms with E-state index in [1.165, 1.54) is 25.4 Å². The van der Waals surface area contributed by atoms with Gasteiger partial charge in [-0.1, -0.05) is 19.8 Å². The number of carbonyl (C=O) groups excluding carboxylic acids is 2. The molecule has 0 aliphatic carbocycles. The lowest BCUT2D eigenvalue weighted by Crippen LogP contribution is -2.26. The van der Waals surface area contributed by atoms with Crippen LogP contribution in [0.4, 0.5) is 0 Å². The van der Waals surface area contributed by atoms with E-state index in [4.69, 9.17) is 0 Å². The van der Waals surface area contributed by atoms with Gasteiger partial charge >= 0.3 is 5.97 Å². The maximum absolute atomic E-state index is 11.3. The number of rotatable bonds is 6. The number of esters is 1. The average Bonchev–Trinajstić information content (AvgIpc) is 2.82. The molecule has 100 valence electrons. The van der Waals surface area contributed by atoms with Crippen molar-refractivity contribution in [2.75, 3.05) is 7.11 Å². The van der Waals surface area contributed by atoms with Crippen molar-refractivity contribution in [3.8, 4) is 0 Å². The Kier molecular flexibility index (Phi) is 5.77. The van der Waals surface area contributed by atoms with Gasteiger partial charge in [-0.25, -0.2) is 9.78 Å². The second-order valence-electron chi connectivity index (χ2n) is 3.96. The zero-order valence-electron chi connectivity index (χ0n) is 10.9. The summed E-state index contributed by atoms with van der Waals surface area (Å²) in [7, 11) is 1.32. The SMILES string of the molecule is CCCCC(NC(C)=O)c1nc(C(=O)OC)cs1. The Morgan fingerprint density at radius 1 is 1.56 bits per heavy atom. The maximum Gasteiger partial charge on any atom is 0.357 e. The molecule has 0 aliphatic heterocycles. The van der Waals surface area contributed by atoms with Gasteiger partial charge in [-0.05, 0) is 6.42 Å². The van der Waals surface area contributed by atoms with Gasteiger partial charge in [-0.15, -0.1) is 11.3 Å². The van der Waals surface area contributed by atoms with Gasteiger partial charge in [0.25, 0.3) is 0 Å². The second-order valence-corrected chi connectivity index (χ2v) is 4.85. The van der Waals surface area contributed by atoms with Crippen molar-refractivity contribution < 1.29 is 14.3 Å². The average molecular weight is 270 g/mol. The summed E-state index contributed by atoms with van der Waals surface area (Å²) in [5, 5.41) is 5.26. The Labute approximate surface area is 111 Å². The van der Waals surface area contributed by atoms with Crippen molar-refractivity contribution in [3.63, 3.8) is 0 Å². The molecule has 0 aromatic carbocycles. The van der Waals surface area contributed by atoms with Crippen LogP contribution in [0.3, 0.4) is 0 Å². The molecule has 1 aromatic heterocycles. The van der Waals surface area contributed by atoms with E-state index in [1.807, 2.05) is 0 Å². The van der Waals surface area contributed by atoms with Gasteiger partial charge in [0.05, 0.1) is 13.2 Å². The molecule has 1 heterocycles. The molecule has 0 fully saturated rings. The van der Waals surface area contributed by atoms with E-state index in [2.05, 4.69) is 22.0 Å². The van der Waals surface area contributed by atoms with Crippen LogP contribution in [0.15, 0.2) is 5.38 Å². The minimum atomic E-state index is -0.449. The molecule has 1 atom stereocenters. The number of amides is 1. The van der Waals surface area contributed by atoms with Crippen LogP contribution in [0, 0.1) is 0 Å². The van der Waals surface area contributed by atoms with E-state index < -0.39 is 5.97 Å². The van der Waals surface area contributed by atoms with Crippen LogP contribution < -0.4 is 5.32 Å². The molecule has 18 heavy (non-hydrogen) atoms. The third kappa shape index (κ3) is 4.10. The maximum atomic E-state index is 11.3. The highest BCUT2D eigenvalue weighted by molar-refractivity contribution is 7.09. The molecule has 1 unspecified atom stereocenters. The summed E-state index contributed by atoms with van der Waals surface area (Å²) in [5.41, 5.74) is 0.296. The van der Waals surface area contributed by atoms with E-state index in [0.717, 1.165) is 24.3 Å². The number of nitrogens with one attached hydrogen (secondary N) is 1. The zero-order valence-corrected chi connectivity index (χ0v) is 11.7. The number of methoxy groups -OCH3 is 1. The summed E-state index contributed by atoms with van der Waals surface area (Å²) >= 11 is 1.37. The first-order chi connectivity index (χ1) is 8.58. The van der Waals surface area contributed by atoms with Crippen LogP contribution in [-0.4, -0.2) is 24.0 Å². The van der Waals surface area contributed by atoms with Crippen LogP contribution in [0.1, 0.15) is 54.6 Å². The van der Waals surface area contributed by atoms with E-state index in [-0.39, 0.29) is 11.9 Å². The van der Waals surface area contributed by atoms with Crippen molar-refractivity contribution in [1.82, 2.24) is 10.3 Å². The van der Waals surface area contributed by atoms with E-state index in [9.17, 15) is 9.59 Å². The predicted molar refractivity (Wildman–Crippen MR) is 69.5 cm³/mol. The summed E-state index contributed by atoms with van der Waals surface area (Å²) in [4.78, 5) is 26.7. The molecule has 0 saturated carbocycles. The lowest BCUT2D eigenvalue weighted by Gasteiger charge is -2.14. The summed E-state index contributed by atoms with van der Waals surface area (Å²) < 4.78 is 4.61. The number of nitrogens with zero attached hydrogens (tertiary/aromatic N) is 1. The Balaban J connectivity index is 2.80. The third-order valence-electron chi connectivity index (χ3n) is 2.44. The molecule has 0 spiro atoms. The Morgan fingerprint density at radius 2 is 2.28 bits per heavy atom. The van der Waals surface area contributed by atoms with Gasteiger partial charge in [0.1, 0.15) is 5.01 Å². The van der Waals surface area contributed by atoms with Gasteiger partial charge in [0, 0.05) is 12.3 Å². The third-order valence-corrected chi connectivity index (χ3v) is 3.40. The molecular weight excluding hydrogens is 252 g/mol. The molecule has 5 nitrogen and oxygen atoms in total. The number of unbranched alkanes of at least 4 members (excludes halogenated alkanes) is 1. The monoisotopic (exact) mass is 270 g/mol. The molecule has 0 saturated heterocycles. The van der Waals surface area contributed by atoms with Crippen molar-refractivity contribution in [2.24, 2.45) is 0 Å². The zero-order chi connectivity index (χ0) is 13.5. The fraction of sp³-hybridized carbons (Fsp3) is 0.583. The minimum Gasteiger partial charge on any atom is -0.464 e. The summed E-state index contributed by atoms with van der Waals surface area (Å²) in [6, 6.07) is -0.120. The fourth-order valence-electron chi connectivity index (χ4n) is 1.56. The standard InChI is InChI=1S/C12H18N2O3S/c1-4-5-6-9(13-8(2)15)11-14-10(7-18-11)12(16)17-3/h7,9H,4-6H2,1-3H3,(H,13,15). The second kappa shape index (κ2) is 7.10. The molecule has 6 heteroatoms. The highest BCUT2D eigenvalue weighted by Crippen LogP contribution is 2.23. The Bertz CT molecular complexity index is 417. The molecular formula is C12H18N2O3S. The number of hydrogen-bond donors (Lipinski definition) is 1. The van der Waals surface area contributed by atoms with Crippen molar-refractivity contribution in [1.29, 1.82) is 0 Å². The van der Waals surface area contributed by atoms with Crippen LogP contribution >= 0.6 is 11.3 Å². The van der Waals surface area contributed by atoms with E-state index in [1.54, 1.807) is 5.38 Å². The Morgan fingerprint density at radius 3 is 2.83 bits per heavy atom. The molecule has 0 aliphatic rings. The van der Waals surface area contributed by atoms with Gasteiger partial charge in [0.2, 0.25) is 5.91 Å². The highest BCUT2D eigenvalue weighted by Gasteiger charge is 2.18. The van der Waals surface area contributed by atoms with Gasteiger partial charge in [-0.3, -0.25) is 4.79 Å². The highest BCUT2D eigenvalue weighted by atomic mass is 32.1. The van der Waals surface area contributed by atoms with E-state index >= 15 is 0 Å². The smallest absolute Gasteiger partial charge is 0.357 e. The van der Waals surface area contributed by atoms with Crippen LogP contribution in [0.25, 0.3) is 0 Å². The quantitative estimate of drug-likeness (QED) is 0.805. The predicted octanol–water partition coefficient (Wildman–Crippen LogP) is 2.30. The molecule has 1 rings (SSSR count). The topological polar surface area (TPSA) is 68.3 Å². The summed E-state index contributed by atoms with van der Waals surface area (Å²) in [5.74, 6) is -0.541. The van der Waals surface area contributed by atoms with Crippen molar-refractivity contribution in [3.05, 3.63) is 16.1 Å². The molecule has 1 aromatic rings. The van der Waals surface area contributed by atoms with Crippen LogP contribution in [0.2, 0.25) is 0 Å². The first kappa shape index (κ1) is 14.6. The van der Waals surface area contributed by atoms with Gasteiger partial charge in [0.15, 0.2) is 5.69 Å². The lowest BCUT2D eigenvalue weighted by atomic mass is 10.1. The van der Waals surface area contributed by atoms with Crippen molar-refractivity contribution >= 4 is 23.2 Å². The first-order valence-corrected chi connectivity index (χ1v) is 6.77. The number of hydrogen-bond acceptors (Lipinski definition) is 5. The van der Waals surface area contributed by atoms with Crippen molar-refractivity contribution in [2.45, 2.75) is 39.2 Å². The van der Waals surface area contributed by atoms with Gasteiger partial charge in [-0.2, -0.15) is 0 Å². The molecule has 1 amide bonds. The van der Waals surface area contributed by atoms with Crippen LogP contribution in [-0.2, 0) is 9.53 Å². The number of carbonyl (C=O) groups is 2. The Hall–Kier alpha value is -1.43. The first-order valence-electron chi connectivity index (χ1n) is 5.89. The molecule has 0 radical (unpaired) electrons. The van der Waals surface area contributed by atoms with E-state index in [0.29, 0.717) is 5.69 Å². The van der Waals surface area contributed by atoms with Gasteiger partial charge < -0.3 is 10.1 Å². The molecule has 1 N–H and O–H groups in total. The molecule has 0 bridgehead atoms. The summed E-state index contributed by atoms with van der Waals surface area (Å²) in [6.07, 6.45) is 2.87. The van der Waals surface area contributed by atoms with Crippen LogP contribution in [0.5, 0.6) is 0 Å².